The number of aliphatic carboxylic acids is 1. The molecule has 3 N–H and O–H groups in total. The smallest absolute Gasteiger partial charge is 0.325 e. The van der Waals surface area contributed by atoms with E-state index in [0.717, 1.165) is 38.6 Å². The molecule has 3 aromatic rings. The van der Waals surface area contributed by atoms with E-state index in [4.69, 9.17) is 11.6 Å². The fraction of sp³-hybridized carbons (Fsp3) is 0.185. The average Bonchev–Trinajstić information content (AvgIpc) is 3.36. The predicted molar refractivity (Wildman–Crippen MR) is 150 cm³/mol. The minimum Gasteiger partial charge on any atom is -0.480 e. The quantitative estimate of drug-likeness (QED) is 0.201. The van der Waals surface area contributed by atoms with Crippen LogP contribution in [0.4, 0.5) is 5.69 Å². The van der Waals surface area contributed by atoms with Gasteiger partial charge in [-0.25, -0.2) is 8.42 Å². The molecule has 4 rings (SSSR count). The molecule has 2 unspecified atom stereocenters. The number of hydrogen-bond acceptors (Lipinski definition) is 6. The van der Waals surface area contributed by atoms with Gasteiger partial charge >= 0.3 is 5.97 Å². The van der Waals surface area contributed by atoms with Crippen LogP contribution in [0, 0.1) is 0 Å². The molecule has 0 saturated heterocycles. The standard InChI is InChI=1S/C27H26ClN3O4S2/c1-3-5-18(16-29-2)17-30-22-7-4-6-20(14-22)23-15-27(23,26(32)33)31-37(34,35)25-13-12-24(36-25)19-8-10-21(28)11-9-19/h3-14,16,23,30-31H,2,15,17H2,1H3,(H,32,33)/b5-3-,18-16+. The van der Waals surface area contributed by atoms with Gasteiger partial charge in [-0.3, -0.25) is 9.79 Å². The van der Waals surface area contributed by atoms with E-state index in [1.54, 1.807) is 36.5 Å². The Kier molecular flexibility index (Phi) is 7.99. The molecule has 0 aliphatic heterocycles. The number of thiophene rings is 1. The number of allylic oxidation sites excluding steroid dienone is 1. The zero-order valence-corrected chi connectivity index (χ0v) is 22.4. The summed E-state index contributed by atoms with van der Waals surface area (Å²) in [6.45, 7) is 5.89. The number of nitrogens with zero attached hydrogens (tertiary/aromatic N) is 1. The van der Waals surface area contributed by atoms with E-state index in [1.807, 2.05) is 43.3 Å². The molecule has 10 heteroatoms. The molecule has 0 spiro atoms. The normalized spacial score (nSPS) is 19.6. The van der Waals surface area contributed by atoms with Gasteiger partial charge in [0.05, 0.1) is 0 Å². The lowest BCUT2D eigenvalue weighted by Crippen LogP contribution is -2.44. The molecular formula is C27H26ClN3O4S2. The van der Waals surface area contributed by atoms with Crippen molar-refractivity contribution in [2.75, 3.05) is 11.9 Å². The fourth-order valence-corrected chi connectivity index (χ4v) is 6.97. The van der Waals surface area contributed by atoms with Crippen molar-refractivity contribution in [3.05, 3.63) is 95.2 Å². The summed E-state index contributed by atoms with van der Waals surface area (Å²) in [6, 6.07) is 17.6. The summed E-state index contributed by atoms with van der Waals surface area (Å²) in [6.07, 6.45) is 5.63. The lowest BCUT2D eigenvalue weighted by molar-refractivity contribution is -0.140. The predicted octanol–water partition coefficient (Wildman–Crippen LogP) is 5.93. The Labute approximate surface area is 225 Å². The van der Waals surface area contributed by atoms with Gasteiger partial charge in [-0.2, -0.15) is 4.72 Å². The lowest BCUT2D eigenvalue weighted by atomic mass is 10.1. The molecule has 0 bridgehead atoms. The van der Waals surface area contributed by atoms with Gasteiger partial charge < -0.3 is 10.4 Å². The number of aliphatic imine (C=N–C) groups is 1. The number of rotatable bonds is 11. The molecule has 0 amide bonds. The average molecular weight is 556 g/mol. The van der Waals surface area contributed by atoms with Crippen LogP contribution in [-0.4, -0.2) is 38.3 Å². The maximum Gasteiger partial charge on any atom is 0.325 e. The summed E-state index contributed by atoms with van der Waals surface area (Å²) in [7, 11) is -4.07. The highest BCUT2D eigenvalue weighted by Gasteiger charge is 2.63. The van der Waals surface area contributed by atoms with Crippen molar-refractivity contribution in [2.45, 2.75) is 29.0 Å². The monoisotopic (exact) mass is 555 g/mol. The van der Waals surface area contributed by atoms with Crippen molar-refractivity contribution < 1.29 is 18.3 Å². The van der Waals surface area contributed by atoms with Gasteiger partial charge in [0.25, 0.3) is 10.0 Å². The zero-order chi connectivity index (χ0) is 26.6. The van der Waals surface area contributed by atoms with Crippen LogP contribution in [-0.2, 0) is 14.8 Å². The molecule has 1 heterocycles. The van der Waals surface area contributed by atoms with E-state index in [2.05, 4.69) is 21.7 Å². The number of sulfonamides is 1. The third kappa shape index (κ3) is 6.02. The summed E-state index contributed by atoms with van der Waals surface area (Å²) in [5, 5.41) is 13.9. The highest BCUT2D eigenvalue weighted by atomic mass is 35.5. The number of halogens is 1. The molecule has 37 heavy (non-hydrogen) atoms. The third-order valence-electron chi connectivity index (χ3n) is 6.06. The van der Waals surface area contributed by atoms with Crippen LogP contribution in [0.3, 0.4) is 0 Å². The Morgan fingerprint density at radius 1 is 1.24 bits per heavy atom. The molecule has 0 radical (unpaired) electrons. The first-order chi connectivity index (χ1) is 17.7. The molecule has 1 aliphatic rings. The SMILES string of the molecule is C=N/C=C(\C=C/C)CNc1cccc(C2CC2(NS(=O)(=O)c2ccc(-c3ccc(Cl)cc3)s2)C(=O)O)c1. The largest absolute Gasteiger partial charge is 0.480 e. The minimum absolute atomic E-state index is 0.0540. The number of anilines is 1. The van der Waals surface area contributed by atoms with Crippen LogP contribution in [0.2, 0.25) is 5.02 Å². The van der Waals surface area contributed by atoms with E-state index >= 15 is 0 Å². The first-order valence-corrected chi connectivity index (χ1v) is 14.1. The highest BCUT2D eigenvalue weighted by molar-refractivity contribution is 7.91. The van der Waals surface area contributed by atoms with E-state index in [-0.39, 0.29) is 10.6 Å². The van der Waals surface area contributed by atoms with Gasteiger partial charge in [-0.05, 0) is 73.2 Å². The van der Waals surface area contributed by atoms with Gasteiger partial charge in [0, 0.05) is 34.2 Å². The molecule has 7 nitrogen and oxygen atoms in total. The second-order valence-electron chi connectivity index (χ2n) is 8.63. The summed E-state index contributed by atoms with van der Waals surface area (Å²) in [5.41, 5.74) is 1.67. The molecule has 192 valence electrons. The maximum absolute atomic E-state index is 13.2. The highest BCUT2D eigenvalue weighted by Crippen LogP contribution is 2.53. The van der Waals surface area contributed by atoms with Crippen molar-refractivity contribution >= 4 is 51.3 Å². The van der Waals surface area contributed by atoms with Gasteiger partial charge in [0.15, 0.2) is 0 Å². The van der Waals surface area contributed by atoms with Gasteiger partial charge in [-0.1, -0.05) is 48.0 Å². The van der Waals surface area contributed by atoms with Gasteiger partial charge in [0.2, 0.25) is 0 Å². The second kappa shape index (κ2) is 11.0. The number of carbonyl (C=O) groups is 1. The third-order valence-corrected chi connectivity index (χ3v) is 9.45. The molecule has 1 fully saturated rings. The first kappa shape index (κ1) is 26.8. The molecule has 2 aromatic carbocycles. The van der Waals surface area contributed by atoms with E-state index in [1.165, 1.54) is 6.07 Å². The Balaban J connectivity index is 1.52. The van der Waals surface area contributed by atoms with Crippen molar-refractivity contribution in [1.82, 2.24) is 4.72 Å². The fourth-order valence-electron chi connectivity index (χ4n) is 4.13. The Bertz CT molecular complexity index is 1480. The topological polar surface area (TPSA) is 108 Å². The Morgan fingerprint density at radius 2 is 2.00 bits per heavy atom. The first-order valence-electron chi connectivity index (χ1n) is 11.4. The van der Waals surface area contributed by atoms with Gasteiger partial charge in [-0.15, -0.1) is 11.3 Å². The Morgan fingerprint density at radius 3 is 2.68 bits per heavy atom. The van der Waals surface area contributed by atoms with E-state index < -0.39 is 27.4 Å². The lowest BCUT2D eigenvalue weighted by Gasteiger charge is -2.15. The summed E-state index contributed by atoms with van der Waals surface area (Å²) < 4.78 is 29.0. The van der Waals surface area contributed by atoms with Crippen LogP contribution in [0.25, 0.3) is 10.4 Å². The molecule has 2 atom stereocenters. The number of hydrogen-bond donors (Lipinski definition) is 3. The van der Waals surface area contributed by atoms with Crippen LogP contribution >= 0.6 is 22.9 Å². The van der Waals surface area contributed by atoms with Gasteiger partial charge in [0.1, 0.15) is 9.75 Å². The van der Waals surface area contributed by atoms with Crippen molar-refractivity contribution in [3.63, 3.8) is 0 Å². The number of benzene rings is 2. The van der Waals surface area contributed by atoms with Crippen LogP contribution in [0.1, 0.15) is 24.8 Å². The second-order valence-corrected chi connectivity index (χ2v) is 12.1. The van der Waals surface area contributed by atoms with Crippen LogP contribution in [0.15, 0.2) is 93.8 Å². The molecule has 1 aliphatic carbocycles. The minimum atomic E-state index is -4.07. The number of nitrogens with one attached hydrogen (secondary N) is 2. The number of carboxylic acid groups (broad SMARTS) is 1. The molecule has 1 saturated carbocycles. The van der Waals surface area contributed by atoms with Crippen molar-refractivity contribution in [3.8, 4) is 10.4 Å². The summed E-state index contributed by atoms with van der Waals surface area (Å²) in [4.78, 5) is 16.8. The summed E-state index contributed by atoms with van der Waals surface area (Å²) in [5.74, 6) is -1.71. The van der Waals surface area contributed by atoms with Crippen molar-refractivity contribution in [2.24, 2.45) is 4.99 Å². The summed E-state index contributed by atoms with van der Waals surface area (Å²) >= 11 is 7.02. The van der Waals surface area contributed by atoms with E-state index in [9.17, 15) is 18.3 Å². The maximum atomic E-state index is 13.2. The molecule has 1 aromatic heterocycles. The Hall–Kier alpha value is -3.24. The number of carboxylic acids is 1. The van der Waals surface area contributed by atoms with Crippen molar-refractivity contribution in [1.29, 1.82) is 0 Å². The van der Waals surface area contributed by atoms with Crippen LogP contribution in [0.5, 0.6) is 0 Å². The van der Waals surface area contributed by atoms with Crippen LogP contribution < -0.4 is 10.0 Å². The van der Waals surface area contributed by atoms with E-state index in [0.29, 0.717) is 11.6 Å². The zero-order valence-electron chi connectivity index (χ0n) is 20.0. The molecular weight excluding hydrogens is 530 g/mol.